The molecule has 0 aliphatic heterocycles. The molecule has 5 nitrogen and oxygen atoms in total. The van der Waals surface area contributed by atoms with Gasteiger partial charge in [-0.1, -0.05) is 0 Å². The summed E-state index contributed by atoms with van der Waals surface area (Å²) in [5, 5.41) is 13.7. The van der Waals surface area contributed by atoms with Gasteiger partial charge >= 0.3 is 5.97 Å². The first-order valence-corrected chi connectivity index (χ1v) is 8.57. The molecule has 2 N–H and O–H groups in total. The van der Waals surface area contributed by atoms with Crippen LogP contribution in [0.1, 0.15) is 34.7 Å². The number of hydrogen-bond acceptors (Lipinski definition) is 3. The van der Waals surface area contributed by atoms with Crippen molar-refractivity contribution in [2.24, 2.45) is 7.05 Å². The molecule has 0 spiro atoms. The van der Waals surface area contributed by atoms with Gasteiger partial charge in [-0.2, -0.15) is 0 Å². The molecule has 0 unspecified atom stereocenters. The van der Waals surface area contributed by atoms with Crippen LogP contribution >= 0.6 is 15.9 Å². The fraction of sp³-hybridized carbons (Fsp3) is 0.222. The number of carbonyl (C=O) groups is 1. The van der Waals surface area contributed by atoms with Gasteiger partial charge < -0.3 is 15.0 Å². The highest BCUT2D eigenvalue weighted by Gasteiger charge is 2.26. The van der Waals surface area contributed by atoms with E-state index in [2.05, 4.69) is 26.2 Å². The van der Waals surface area contributed by atoms with Crippen molar-refractivity contribution in [3.05, 3.63) is 52.3 Å². The lowest BCUT2D eigenvalue weighted by atomic mass is 10.1. The highest BCUT2D eigenvalue weighted by atomic mass is 79.9. The average Bonchev–Trinajstić information content (AvgIpc) is 3.31. The van der Waals surface area contributed by atoms with Crippen LogP contribution in [0.5, 0.6) is 0 Å². The first kappa shape index (κ1) is 15.2. The third-order valence-electron chi connectivity index (χ3n) is 4.37. The summed E-state index contributed by atoms with van der Waals surface area (Å²) in [5.74, 6) is -0.124. The standard InChI is InChI=1S/C18H16BrN3O2/c1-22-5-4-11-6-13(8-15(19)16(11)22)21-17-14(18(23)24)7-12(9-20-17)10-2-3-10/h4-10H,2-3H2,1H3,(H,20,21)(H,23,24). The Bertz CT molecular complexity index is 960. The van der Waals surface area contributed by atoms with E-state index in [-0.39, 0.29) is 5.56 Å². The number of pyridine rings is 1. The number of anilines is 2. The van der Waals surface area contributed by atoms with Crippen molar-refractivity contribution in [3.63, 3.8) is 0 Å². The summed E-state index contributed by atoms with van der Waals surface area (Å²) in [5.41, 5.74) is 3.12. The van der Waals surface area contributed by atoms with Gasteiger partial charge in [-0.15, -0.1) is 0 Å². The zero-order chi connectivity index (χ0) is 16.8. The molecular formula is C18H16BrN3O2. The minimum atomic E-state index is -0.965. The minimum Gasteiger partial charge on any atom is -0.478 e. The topological polar surface area (TPSA) is 67.2 Å². The van der Waals surface area contributed by atoms with Crippen molar-refractivity contribution in [2.45, 2.75) is 18.8 Å². The average molecular weight is 386 g/mol. The lowest BCUT2D eigenvalue weighted by molar-refractivity contribution is 0.0697. The van der Waals surface area contributed by atoms with Crippen LogP contribution in [0, 0.1) is 0 Å². The molecule has 1 aromatic carbocycles. The Labute approximate surface area is 147 Å². The Morgan fingerprint density at radius 3 is 2.88 bits per heavy atom. The number of carboxylic acid groups (broad SMARTS) is 1. The van der Waals surface area contributed by atoms with Gasteiger partial charge in [0.15, 0.2) is 0 Å². The van der Waals surface area contributed by atoms with Gasteiger partial charge in [0.2, 0.25) is 0 Å². The Morgan fingerprint density at radius 2 is 2.17 bits per heavy atom. The molecule has 0 bridgehead atoms. The number of rotatable bonds is 4. The van der Waals surface area contributed by atoms with Crippen LogP contribution in [-0.2, 0) is 7.05 Å². The number of aromatic carboxylic acids is 1. The number of nitrogens with one attached hydrogen (secondary N) is 1. The van der Waals surface area contributed by atoms with E-state index < -0.39 is 5.97 Å². The largest absolute Gasteiger partial charge is 0.478 e. The van der Waals surface area contributed by atoms with E-state index in [1.54, 1.807) is 12.3 Å². The molecule has 1 saturated carbocycles. The van der Waals surface area contributed by atoms with Crippen molar-refractivity contribution in [2.75, 3.05) is 5.32 Å². The first-order chi connectivity index (χ1) is 11.5. The van der Waals surface area contributed by atoms with E-state index in [9.17, 15) is 9.90 Å². The van der Waals surface area contributed by atoms with Gasteiger partial charge in [-0.05, 0) is 64.5 Å². The summed E-state index contributed by atoms with van der Waals surface area (Å²) in [4.78, 5) is 16.0. The van der Waals surface area contributed by atoms with E-state index in [4.69, 9.17) is 0 Å². The molecule has 2 aromatic heterocycles. The van der Waals surface area contributed by atoms with E-state index in [1.165, 1.54) is 0 Å². The number of benzene rings is 1. The molecule has 0 radical (unpaired) electrons. The maximum absolute atomic E-state index is 11.6. The molecule has 1 aliphatic carbocycles. The number of aromatic nitrogens is 2. The van der Waals surface area contributed by atoms with Gasteiger partial charge in [0.25, 0.3) is 0 Å². The van der Waals surface area contributed by atoms with Crippen LogP contribution < -0.4 is 5.32 Å². The molecule has 4 rings (SSSR count). The first-order valence-electron chi connectivity index (χ1n) is 7.78. The second-order valence-corrected chi connectivity index (χ2v) is 7.05. The lowest BCUT2D eigenvalue weighted by Crippen LogP contribution is -2.06. The number of fused-ring (bicyclic) bond motifs is 1. The molecule has 1 aliphatic rings. The van der Waals surface area contributed by atoms with E-state index in [1.807, 2.05) is 36.0 Å². The summed E-state index contributed by atoms with van der Waals surface area (Å²) in [6.07, 6.45) is 6.00. The maximum Gasteiger partial charge on any atom is 0.339 e. The van der Waals surface area contributed by atoms with Gasteiger partial charge in [0.1, 0.15) is 11.4 Å². The van der Waals surface area contributed by atoms with Crippen molar-refractivity contribution in [1.82, 2.24) is 9.55 Å². The van der Waals surface area contributed by atoms with Crippen molar-refractivity contribution < 1.29 is 9.90 Å². The second-order valence-electron chi connectivity index (χ2n) is 6.19. The van der Waals surface area contributed by atoms with Gasteiger partial charge in [0, 0.05) is 35.0 Å². The summed E-state index contributed by atoms with van der Waals surface area (Å²) in [7, 11) is 1.99. The fourth-order valence-corrected chi connectivity index (χ4v) is 3.73. The zero-order valence-corrected chi connectivity index (χ0v) is 14.7. The zero-order valence-electron chi connectivity index (χ0n) is 13.1. The van der Waals surface area contributed by atoms with Crippen LogP contribution in [0.25, 0.3) is 10.9 Å². The fourth-order valence-electron chi connectivity index (χ4n) is 2.98. The summed E-state index contributed by atoms with van der Waals surface area (Å²) in [6.45, 7) is 0. The third kappa shape index (κ3) is 2.67. The van der Waals surface area contributed by atoms with Crippen LogP contribution in [0.15, 0.2) is 41.1 Å². The molecular weight excluding hydrogens is 370 g/mol. The predicted octanol–water partition coefficient (Wildman–Crippen LogP) is 4.66. The maximum atomic E-state index is 11.6. The van der Waals surface area contributed by atoms with E-state index in [0.29, 0.717) is 11.7 Å². The number of halogens is 1. The Hall–Kier alpha value is -2.34. The van der Waals surface area contributed by atoms with Crippen molar-refractivity contribution in [1.29, 1.82) is 0 Å². The summed E-state index contributed by atoms with van der Waals surface area (Å²) < 4.78 is 2.98. The molecule has 24 heavy (non-hydrogen) atoms. The lowest BCUT2D eigenvalue weighted by Gasteiger charge is -2.11. The number of aryl methyl sites for hydroxylation is 1. The number of hydrogen-bond donors (Lipinski definition) is 2. The summed E-state index contributed by atoms with van der Waals surface area (Å²) >= 11 is 3.58. The summed E-state index contributed by atoms with van der Waals surface area (Å²) in [6, 6.07) is 7.69. The van der Waals surface area contributed by atoms with Crippen molar-refractivity contribution in [3.8, 4) is 0 Å². The second kappa shape index (κ2) is 5.63. The Morgan fingerprint density at radius 1 is 1.38 bits per heavy atom. The Kier molecular flexibility index (Phi) is 3.57. The molecule has 122 valence electrons. The van der Waals surface area contributed by atoms with Crippen LogP contribution in [0.3, 0.4) is 0 Å². The highest BCUT2D eigenvalue weighted by molar-refractivity contribution is 9.10. The van der Waals surface area contributed by atoms with Crippen molar-refractivity contribution >= 4 is 44.3 Å². The molecule has 6 heteroatoms. The smallest absolute Gasteiger partial charge is 0.339 e. The molecule has 0 saturated heterocycles. The van der Waals surface area contributed by atoms with Gasteiger partial charge in [0.05, 0.1) is 5.52 Å². The van der Waals surface area contributed by atoms with Crippen LogP contribution in [0.4, 0.5) is 11.5 Å². The molecule has 2 heterocycles. The van der Waals surface area contributed by atoms with E-state index in [0.717, 1.165) is 39.5 Å². The van der Waals surface area contributed by atoms with E-state index >= 15 is 0 Å². The molecule has 3 aromatic rings. The van der Waals surface area contributed by atoms with Gasteiger partial charge in [-0.25, -0.2) is 9.78 Å². The SMILES string of the molecule is Cn1ccc2cc(Nc3ncc(C4CC4)cc3C(=O)O)cc(Br)c21. The number of nitrogens with zero attached hydrogens (tertiary/aromatic N) is 2. The predicted molar refractivity (Wildman–Crippen MR) is 97.1 cm³/mol. The van der Waals surface area contributed by atoms with Gasteiger partial charge in [-0.3, -0.25) is 0 Å². The third-order valence-corrected chi connectivity index (χ3v) is 4.98. The molecule has 0 atom stereocenters. The monoisotopic (exact) mass is 385 g/mol. The van der Waals surface area contributed by atoms with Crippen LogP contribution in [-0.4, -0.2) is 20.6 Å². The Balaban J connectivity index is 1.73. The highest BCUT2D eigenvalue weighted by Crippen LogP contribution is 2.40. The number of carboxylic acids is 1. The molecule has 0 amide bonds. The molecule has 1 fully saturated rings. The normalized spacial score (nSPS) is 14.1. The van der Waals surface area contributed by atoms with Crippen LogP contribution in [0.2, 0.25) is 0 Å². The quantitative estimate of drug-likeness (QED) is 0.685. The minimum absolute atomic E-state index is 0.212.